The first kappa shape index (κ1) is 15.5. The van der Waals surface area contributed by atoms with Gasteiger partial charge in [0.1, 0.15) is 0 Å². The van der Waals surface area contributed by atoms with Crippen LogP contribution in [0.3, 0.4) is 0 Å². The molecule has 0 bridgehead atoms. The molecular formula is C14H13F3N4O2. The van der Waals surface area contributed by atoms with E-state index in [9.17, 15) is 23.1 Å². The smallest absolute Gasteiger partial charge is 0.378 e. The summed E-state index contributed by atoms with van der Waals surface area (Å²) < 4.78 is 39.5. The first-order valence-corrected chi connectivity index (χ1v) is 6.86. The second-order valence-electron chi connectivity index (χ2n) is 5.17. The fraction of sp³-hybridized carbons (Fsp3) is 0.357. The van der Waals surface area contributed by atoms with Crippen LogP contribution in [-0.4, -0.2) is 37.0 Å². The van der Waals surface area contributed by atoms with E-state index in [1.165, 1.54) is 17.3 Å². The van der Waals surface area contributed by atoms with E-state index in [0.717, 1.165) is 10.8 Å². The second-order valence-corrected chi connectivity index (χ2v) is 5.17. The van der Waals surface area contributed by atoms with Crippen LogP contribution >= 0.6 is 0 Å². The number of carbonyl (C=O) groups excluding carboxylic acids is 1. The van der Waals surface area contributed by atoms with Crippen LogP contribution in [0.25, 0.3) is 0 Å². The van der Waals surface area contributed by atoms with E-state index in [-0.39, 0.29) is 25.3 Å². The van der Waals surface area contributed by atoms with Gasteiger partial charge >= 0.3 is 6.18 Å². The molecule has 9 heteroatoms. The fourth-order valence-electron chi connectivity index (χ4n) is 2.55. The maximum Gasteiger partial charge on any atom is 0.449 e. The van der Waals surface area contributed by atoms with E-state index in [1.807, 2.05) is 0 Å². The zero-order chi connectivity index (χ0) is 16.6. The molecule has 1 N–H and O–H groups in total. The molecule has 2 aromatic rings. The number of aromatic nitrogens is 3. The molecule has 6 nitrogen and oxygen atoms in total. The Labute approximate surface area is 129 Å². The lowest BCUT2D eigenvalue weighted by molar-refractivity contribution is -0.148. The Hall–Kier alpha value is -2.42. The number of hydrogen-bond acceptors (Lipinski definition) is 4. The molecular weight excluding hydrogens is 313 g/mol. The number of fused-ring (bicyclic) bond motifs is 1. The SMILES string of the molecule is O=C(C(O)c1cccnc1)N1CCn2c(cnc2C(F)(F)F)C1. The summed E-state index contributed by atoms with van der Waals surface area (Å²) in [7, 11) is 0. The fourth-order valence-corrected chi connectivity index (χ4v) is 2.55. The Balaban J connectivity index is 1.77. The van der Waals surface area contributed by atoms with Crippen LogP contribution in [0.2, 0.25) is 0 Å². The summed E-state index contributed by atoms with van der Waals surface area (Å²) in [5.41, 5.74) is 0.628. The van der Waals surface area contributed by atoms with E-state index in [1.54, 1.807) is 12.1 Å². The van der Waals surface area contributed by atoms with Crippen LogP contribution in [0.15, 0.2) is 30.7 Å². The minimum absolute atomic E-state index is 0.0182. The van der Waals surface area contributed by atoms with Gasteiger partial charge in [-0.2, -0.15) is 13.2 Å². The average molecular weight is 326 g/mol. The van der Waals surface area contributed by atoms with Gasteiger partial charge in [0.15, 0.2) is 6.10 Å². The van der Waals surface area contributed by atoms with Crippen LogP contribution in [0.1, 0.15) is 23.2 Å². The van der Waals surface area contributed by atoms with Crippen LogP contribution in [0.5, 0.6) is 0 Å². The third kappa shape index (κ3) is 2.91. The highest BCUT2D eigenvalue weighted by atomic mass is 19.4. The van der Waals surface area contributed by atoms with Gasteiger partial charge in [-0.25, -0.2) is 4.98 Å². The molecule has 0 saturated heterocycles. The van der Waals surface area contributed by atoms with Crippen molar-refractivity contribution in [1.29, 1.82) is 0 Å². The Kier molecular flexibility index (Phi) is 3.80. The van der Waals surface area contributed by atoms with Gasteiger partial charge in [-0.3, -0.25) is 9.78 Å². The number of halogens is 3. The molecule has 0 aromatic carbocycles. The van der Waals surface area contributed by atoms with Gasteiger partial charge in [-0.15, -0.1) is 0 Å². The number of aliphatic hydroxyl groups excluding tert-OH is 1. The number of alkyl halides is 3. The van der Waals surface area contributed by atoms with Crippen molar-refractivity contribution in [2.45, 2.75) is 25.4 Å². The zero-order valence-corrected chi connectivity index (χ0v) is 11.9. The van der Waals surface area contributed by atoms with Gasteiger partial charge in [0.2, 0.25) is 5.82 Å². The number of carbonyl (C=O) groups is 1. The highest BCUT2D eigenvalue weighted by Gasteiger charge is 2.39. The highest BCUT2D eigenvalue weighted by molar-refractivity contribution is 5.82. The minimum Gasteiger partial charge on any atom is -0.378 e. The summed E-state index contributed by atoms with van der Waals surface area (Å²) in [6, 6.07) is 3.15. The highest BCUT2D eigenvalue weighted by Crippen LogP contribution is 2.30. The van der Waals surface area contributed by atoms with E-state index in [2.05, 4.69) is 9.97 Å². The molecule has 1 amide bonds. The lowest BCUT2D eigenvalue weighted by Gasteiger charge is -2.30. The average Bonchev–Trinajstić information content (AvgIpc) is 2.97. The van der Waals surface area contributed by atoms with Crippen molar-refractivity contribution in [3.63, 3.8) is 0 Å². The molecule has 0 saturated carbocycles. The number of amides is 1. The molecule has 3 rings (SSSR count). The largest absolute Gasteiger partial charge is 0.449 e. The van der Waals surface area contributed by atoms with Crippen molar-refractivity contribution in [1.82, 2.24) is 19.4 Å². The van der Waals surface area contributed by atoms with Crippen molar-refractivity contribution < 1.29 is 23.1 Å². The summed E-state index contributed by atoms with van der Waals surface area (Å²) in [5, 5.41) is 10.1. The van der Waals surface area contributed by atoms with Crippen molar-refractivity contribution >= 4 is 5.91 Å². The number of aliphatic hydroxyl groups is 1. The molecule has 3 heterocycles. The van der Waals surface area contributed by atoms with Crippen molar-refractivity contribution in [3.05, 3.63) is 47.8 Å². The quantitative estimate of drug-likeness (QED) is 0.905. The third-order valence-corrected chi connectivity index (χ3v) is 3.68. The van der Waals surface area contributed by atoms with E-state index in [4.69, 9.17) is 0 Å². The van der Waals surface area contributed by atoms with Crippen LogP contribution in [-0.2, 0) is 24.1 Å². The second kappa shape index (κ2) is 5.65. The van der Waals surface area contributed by atoms with Crippen LogP contribution in [0.4, 0.5) is 13.2 Å². The summed E-state index contributed by atoms with van der Waals surface area (Å²) in [4.78, 5) is 20.8. The van der Waals surface area contributed by atoms with Crippen LogP contribution < -0.4 is 0 Å². The normalized spacial score (nSPS) is 16.1. The molecule has 0 aliphatic carbocycles. The first-order chi connectivity index (χ1) is 10.9. The molecule has 1 unspecified atom stereocenters. The molecule has 23 heavy (non-hydrogen) atoms. The molecule has 122 valence electrons. The number of pyridine rings is 1. The topological polar surface area (TPSA) is 71.2 Å². The number of nitrogens with zero attached hydrogens (tertiary/aromatic N) is 4. The monoisotopic (exact) mass is 326 g/mol. The summed E-state index contributed by atoms with van der Waals surface area (Å²) >= 11 is 0. The van der Waals surface area contributed by atoms with E-state index in [0.29, 0.717) is 5.56 Å². The van der Waals surface area contributed by atoms with Crippen LogP contribution in [0, 0.1) is 0 Å². The molecule has 0 radical (unpaired) electrons. The summed E-state index contributed by atoms with van der Waals surface area (Å²) in [6.45, 7) is 0.0253. The van der Waals surface area contributed by atoms with Gasteiger partial charge in [0.25, 0.3) is 5.91 Å². The summed E-state index contributed by atoms with van der Waals surface area (Å²) in [6.07, 6.45) is -1.92. The molecule has 1 aliphatic rings. The molecule has 2 aromatic heterocycles. The lowest BCUT2D eigenvalue weighted by atomic mass is 10.1. The minimum atomic E-state index is -4.53. The summed E-state index contributed by atoms with van der Waals surface area (Å²) in [5.74, 6) is -1.54. The molecule has 1 atom stereocenters. The Bertz CT molecular complexity index is 715. The molecule has 0 spiro atoms. The van der Waals surface area contributed by atoms with Crippen molar-refractivity contribution in [2.75, 3.05) is 6.54 Å². The number of imidazole rings is 1. The standard InChI is InChI=1S/C14H13F3N4O2/c15-14(16,17)13-19-7-10-8-20(4-5-21(10)13)12(23)11(22)9-2-1-3-18-6-9/h1-3,6-7,11,22H,4-5,8H2. The van der Waals surface area contributed by atoms with Gasteiger partial charge in [0.05, 0.1) is 18.4 Å². The van der Waals surface area contributed by atoms with Crippen molar-refractivity contribution in [3.8, 4) is 0 Å². The molecule has 0 fully saturated rings. The van der Waals surface area contributed by atoms with E-state index >= 15 is 0 Å². The maximum absolute atomic E-state index is 12.8. The predicted octanol–water partition coefficient (Wildman–Crippen LogP) is 1.37. The predicted molar refractivity (Wildman–Crippen MR) is 71.8 cm³/mol. The van der Waals surface area contributed by atoms with Gasteiger partial charge in [-0.1, -0.05) is 6.07 Å². The first-order valence-electron chi connectivity index (χ1n) is 6.86. The number of hydrogen-bond donors (Lipinski definition) is 1. The van der Waals surface area contributed by atoms with Gasteiger partial charge in [0, 0.05) is 31.0 Å². The lowest BCUT2D eigenvalue weighted by Crippen LogP contribution is -2.41. The molecule has 1 aliphatic heterocycles. The number of rotatable bonds is 2. The Morgan fingerprint density at radius 2 is 2.09 bits per heavy atom. The van der Waals surface area contributed by atoms with Gasteiger partial charge in [-0.05, 0) is 6.07 Å². The Morgan fingerprint density at radius 3 is 2.74 bits per heavy atom. The Morgan fingerprint density at radius 1 is 1.30 bits per heavy atom. The van der Waals surface area contributed by atoms with Gasteiger partial charge < -0.3 is 14.6 Å². The maximum atomic E-state index is 12.8. The third-order valence-electron chi connectivity index (χ3n) is 3.68. The van der Waals surface area contributed by atoms with E-state index < -0.39 is 24.0 Å². The zero-order valence-electron chi connectivity index (χ0n) is 11.9. The van der Waals surface area contributed by atoms with Crippen molar-refractivity contribution in [2.24, 2.45) is 0 Å².